The summed E-state index contributed by atoms with van der Waals surface area (Å²) in [6.45, 7) is 1.87. The molecule has 0 bridgehead atoms. The zero-order valence-electron chi connectivity index (χ0n) is 3.82. The predicted octanol–water partition coefficient (Wildman–Crippen LogP) is 1.33. The Kier molecular flexibility index (Phi) is 4.19. The second-order valence-corrected chi connectivity index (χ2v) is 4.95. The van der Waals surface area contributed by atoms with Gasteiger partial charge in [-0.2, -0.15) is 0 Å². The van der Waals surface area contributed by atoms with Crippen molar-refractivity contribution in [1.29, 1.82) is 0 Å². The minimum Gasteiger partial charge on any atom is -0.331 e. The van der Waals surface area contributed by atoms with E-state index in [1.165, 1.54) is 7.11 Å². The molecule has 0 radical (unpaired) electrons. The summed E-state index contributed by atoms with van der Waals surface area (Å²) in [5.74, 6) is 0. The van der Waals surface area contributed by atoms with Gasteiger partial charge in [-0.05, 0) is 14.9 Å². The third-order valence-corrected chi connectivity index (χ3v) is 3.01. The van der Waals surface area contributed by atoms with Crippen LogP contribution < -0.4 is 0 Å². The van der Waals surface area contributed by atoms with Crippen LogP contribution >= 0.6 is 16.0 Å². The summed E-state index contributed by atoms with van der Waals surface area (Å²) in [7, 11) is 0.335. The molecule has 0 aliphatic heterocycles. The lowest BCUT2D eigenvalue weighted by Gasteiger charge is -1.87. The molecule has 0 rings (SSSR count). The van der Waals surface area contributed by atoms with E-state index in [9.17, 15) is 4.57 Å². The molecule has 0 aromatic carbocycles. The van der Waals surface area contributed by atoms with Gasteiger partial charge in [-0.1, -0.05) is 0 Å². The molecule has 2 unspecified atom stereocenters. The van der Waals surface area contributed by atoms with E-state index in [0.29, 0.717) is 8.27 Å². The van der Waals surface area contributed by atoms with Crippen molar-refractivity contribution in [2.45, 2.75) is 0 Å². The Morgan fingerprint density at radius 1 is 1.83 bits per heavy atom. The van der Waals surface area contributed by atoms with Crippen molar-refractivity contribution in [3.05, 3.63) is 0 Å². The molecule has 0 spiro atoms. The molecule has 0 N–H and O–H groups in total. The van der Waals surface area contributed by atoms with E-state index in [-0.39, 0.29) is 0 Å². The van der Waals surface area contributed by atoms with Crippen LogP contribution in [0.1, 0.15) is 0 Å². The van der Waals surface area contributed by atoms with Crippen LogP contribution in [0.15, 0.2) is 0 Å². The molecule has 38 valence electrons. The van der Waals surface area contributed by atoms with Gasteiger partial charge in [0, 0.05) is 7.11 Å². The fourth-order valence-corrected chi connectivity index (χ4v) is 0.919. The van der Waals surface area contributed by atoms with Crippen molar-refractivity contribution in [2.24, 2.45) is 0 Å². The molecule has 0 fully saturated rings. The maximum Gasteiger partial charge on any atom is 0.207 e. The van der Waals surface area contributed by atoms with Crippen LogP contribution in [0.4, 0.5) is 0 Å². The summed E-state index contributed by atoms with van der Waals surface area (Å²) in [5, 5.41) is 0. The molecular weight excluding hydrogens is 118 g/mol. The first kappa shape index (κ1) is 6.62. The largest absolute Gasteiger partial charge is 0.331 e. The molecule has 6 heavy (non-hydrogen) atoms. The van der Waals surface area contributed by atoms with Crippen LogP contribution in [0.5, 0.6) is 0 Å². The zero-order chi connectivity index (χ0) is 4.99. The predicted molar refractivity (Wildman–Crippen MR) is 30.2 cm³/mol. The molecule has 0 saturated heterocycles. The molecular formula is C2H8O2P2. The molecule has 2 atom stereocenters. The molecule has 0 heterocycles. The minimum atomic E-state index is -1.59. The number of rotatable bonds is 2. The van der Waals surface area contributed by atoms with Crippen molar-refractivity contribution in [1.82, 2.24) is 0 Å². The second kappa shape index (κ2) is 3.80. The van der Waals surface area contributed by atoms with Crippen LogP contribution in [0, 0.1) is 0 Å². The van der Waals surface area contributed by atoms with E-state index in [1.807, 2.05) is 6.66 Å². The smallest absolute Gasteiger partial charge is 0.207 e. The molecule has 0 aromatic heterocycles. The molecule has 4 heteroatoms. The van der Waals surface area contributed by atoms with Crippen LogP contribution in [0.2, 0.25) is 0 Å². The van der Waals surface area contributed by atoms with Gasteiger partial charge >= 0.3 is 0 Å². The van der Waals surface area contributed by atoms with Gasteiger partial charge in [0.25, 0.3) is 0 Å². The Morgan fingerprint density at radius 2 is 2.33 bits per heavy atom. The Labute approximate surface area is 39.8 Å². The molecule has 0 amide bonds. The lowest BCUT2D eigenvalue weighted by atomic mass is 11.8. The topological polar surface area (TPSA) is 26.3 Å². The highest BCUT2D eigenvalue weighted by atomic mass is 32.0. The first-order valence-electron chi connectivity index (χ1n) is 1.57. The summed E-state index contributed by atoms with van der Waals surface area (Å²) in [4.78, 5) is 0. The van der Waals surface area contributed by atoms with Crippen molar-refractivity contribution in [3.8, 4) is 0 Å². The lowest BCUT2D eigenvalue weighted by molar-refractivity contribution is 0.428. The highest BCUT2D eigenvalue weighted by Gasteiger charge is 1.83. The highest BCUT2D eigenvalue weighted by Crippen LogP contribution is 2.40. The van der Waals surface area contributed by atoms with Crippen molar-refractivity contribution in [2.75, 3.05) is 13.8 Å². The molecule has 2 nitrogen and oxygen atoms in total. The number of hydrogen-bond acceptors (Lipinski definition) is 2. The van der Waals surface area contributed by atoms with Crippen molar-refractivity contribution in [3.63, 3.8) is 0 Å². The van der Waals surface area contributed by atoms with Crippen LogP contribution in [0.25, 0.3) is 0 Å². The average Bonchev–Trinajstić information content (AvgIpc) is 1.65. The average molecular weight is 126 g/mol. The van der Waals surface area contributed by atoms with Crippen molar-refractivity contribution < 1.29 is 9.09 Å². The van der Waals surface area contributed by atoms with E-state index in [2.05, 4.69) is 4.52 Å². The second-order valence-electron chi connectivity index (χ2n) is 0.742. The Morgan fingerprint density at radius 3 is 2.33 bits per heavy atom. The fraction of sp³-hybridized carbons (Fsp3) is 1.00. The third-order valence-electron chi connectivity index (χ3n) is 0.390. The third kappa shape index (κ3) is 2.84. The normalized spacial score (nSPS) is 16.3. The van der Waals surface area contributed by atoms with E-state index in [0.717, 1.165) is 0 Å². The molecule has 0 aromatic rings. The van der Waals surface area contributed by atoms with E-state index >= 15 is 0 Å². The monoisotopic (exact) mass is 126 g/mol. The summed E-state index contributed by atoms with van der Waals surface area (Å²) in [6.07, 6.45) is 0. The van der Waals surface area contributed by atoms with Crippen molar-refractivity contribution >= 4 is 16.0 Å². The Hall–Kier alpha value is 0.620. The van der Waals surface area contributed by atoms with E-state index in [4.69, 9.17) is 0 Å². The van der Waals surface area contributed by atoms with Gasteiger partial charge in [0.1, 0.15) is 0 Å². The van der Waals surface area contributed by atoms with Crippen LogP contribution in [-0.2, 0) is 9.09 Å². The molecule has 0 aliphatic rings. The lowest BCUT2D eigenvalue weighted by Crippen LogP contribution is -1.53. The van der Waals surface area contributed by atoms with Gasteiger partial charge in [0.15, 0.2) is 0 Å². The minimum absolute atomic E-state index is 0.456. The molecule has 0 aliphatic carbocycles. The van der Waals surface area contributed by atoms with E-state index in [1.54, 1.807) is 0 Å². The van der Waals surface area contributed by atoms with Crippen LogP contribution in [-0.4, -0.2) is 13.8 Å². The Bertz CT molecular complexity index is 47.5. The summed E-state index contributed by atoms with van der Waals surface area (Å²) in [5.41, 5.74) is 0. The standard InChI is InChI=1S/C2H8O2P2/c1-4-6(3)5-2/h5-6H,1-2H3. The van der Waals surface area contributed by atoms with Gasteiger partial charge in [-0.3, -0.25) is 4.57 Å². The maximum absolute atomic E-state index is 10.2. The number of hydrogen-bond donors (Lipinski definition) is 0. The highest BCUT2D eigenvalue weighted by molar-refractivity contribution is 8.12. The quantitative estimate of drug-likeness (QED) is 0.521. The van der Waals surface area contributed by atoms with Gasteiger partial charge < -0.3 is 4.52 Å². The van der Waals surface area contributed by atoms with E-state index < -0.39 is 7.72 Å². The summed E-state index contributed by atoms with van der Waals surface area (Å²) < 4.78 is 14.6. The van der Waals surface area contributed by atoms with Gasteiger partial charge in [-0.25, -0.2) is 0 Å². The molecule has 0 saturated carbocycles. The zero-order valence-corrected chi connectivity index (χ0v) is 5.82. The van der Waals surface area contributed by atoms with Gasteiger partial charge in [-0.15, -0.1) is 0 Å². The SMILES string of the molecule is CO[PH](=O)PC. The maximum atomic E-state index is 10.2. The Balaban J connectivity index is 2.99. The summed E-state index contributed by atoms with van der Waals surface area (Å²) >= 11 is 0. The fourth-order valence-electron chi connectivity index (χ4n) is 0.102. The van der Waals surface area contributed by atoms with Gasteiger partial charge in [0.05, 0.1) is 0 Å². The van der Waals surface area contributed by atoms with Crippen LogP contribution in [0.3, 0.4) is 0 Å². The first-order valence-corrected chi connectivity index (χ1v) is 5.38. The first-order chi connectivity index (χ1) is 2.81. The summed E-state index contributed by atoms with van der Waals surface area (Å²) in [6, 6.07) is 0. The van der Waals surface area contributed by atoms with Gasteiger partial charge in [0.2, 0.25) is 7.72 Å².